The number of rotatable bonds is 4. The van der Waals surface area contributed by atoms with Crippen molar-refractivity contribution in [2.75, 3.05) is 13.1 Å². The molecule has 1 aliphatic rings. The highest BCUT2D eigenvalue weighted by Gasteiger charge is 2.30. The predicted octanol–water partition coefficient (Wildman–Crippen LogP) is 2.67. The molecule has 1 amide bonds. The van der Waals surface area contributed by atoms with Gasteiger partial charge >= 0.3 is 0 Å². The number of aromatic nitrogens is 4. The molecule has 2 aromatic rings. The fraction of sp³-hybridized carbons (Fsp3) is 0.579. The molecule has 0 saturated carbocycles. The Kier molecular flexibility index (Phi) is 5.25. The normalized spacial score (nSPS) is 19.2. The molecule has 0 unspecified atom stereocenters. The van der Waals surface area contributed by atoms with Crippen LogP contribution in [0.4, 0.5) is 0 Å². The zero-order valence-electron chi connectivity index (χ0n) is 15.9. The Labute approximate surface area is 154 Å². The lowest BCUT2D eigenvalue weighted by atomic mass is 9.87. The fourth-order valence-corrected chi connectivity index (χ4v) is 3.28. The number of amides is 1. The van der Waals surface area contributed by atoms with E-state index >= 15 is 0 Å². The standard InChI is InChI=1S/C19H27N5O2/c1-13(26-16-9-7-15(8-10-16)19(2,3)4)18(25)24-11-5-6-14(12-24)17-20-22-23-21-17/h7-10,13-14H,5-6,11-12H2,1-4H3,(H,20,21,22,23)/t13-,14+/m1/s1. The lowest BCUT2D eigenvalue weighted by Gasteiger charge is -2.33. The van der Waals surface area contributed by atoms with Crippen molar-refractivity contribution in [1.29, 1.82) is 0 Å². The van der Waals surface area contributed by atoms with Crippen LogP contribution in [0.2, 0.25) is 0 Å². The van der Waals surface area contributed by atoms with Crippen LogP contribution in [-0.4, -0.2) is 50.6 Å². The Morgan fingerprint density at radius 3 is 2.65 bits per heavy atom. The molecule has 2 heterocycles. The van der Waals surface area contributed by atoms with E-state index in [4.69, 9.17) is 4.74 Å². The van der Waals surface area contributed by atoms with Gasteiger partial charge in [0.2, 0.25) is 0 Å². The zero-order valence-corrected chi connectivity index (χ0v) is 15.9. The van der Waals surface area contributed by atoms with Crippen LogP contribution in [0.1, 0.15) is 57.8 Å². The van der Waals surface area contributed by atoms with Crippen molar-refractivity contribution < 1.29 is 9.53 Å². The number of aromatic amines is 1. The third kappa shape index (κ3) is 4.20. The first kappa shape index (κ1) is 18.4. The van der Waals surface area contributed by atoms with Gasteiger partial charge in [-0.05, 0) is 42.9 Å². The summed E-state index contributed by atoms with van der Waals surface area (Å²) in [6.07, 6.45) is 1.37. The number of hydrogen-bond donors (Lipinski definition) is 1. The molecule has 0 bridgehead atoms. The average Bonchev–Trinajstić information content (AvgIpc) is 3.15. The molecular formula is C19H27N5O2. The van der Waals surface area contributed by atoms with Gasteiger partial charge in [0, 0.05) is 19.0 Å². The number of benzene rings is 1. The fourth-order valence-electron chi connectivity index (χ4n) is 3.28. The summed E-state index contributed by atoms with van der Waals surface area (Å²) in [5.41, 5.74) is 1.33. The molecule has 3 rings (SSSR count). The molecular weight excluding hydrogens is 330 g/mol. The molecule has 0 radical (unpaired) electrons. The summed E-state index contributed by atoms with van der Waals surface area (Å²) < 4.78 is 5.88. The van der Waals surface area contributed by atoms with Crippen molar-refractivity contribution >= 4 is 5.91 Å². The van der Waals surface area contributed by atoms with Gasteiger partial charge in [0.1, 0.15) is 5.75 Å². The molecule has 1 aromatic carbocycles. The molecule has 1 aliphatic heterocycles. The zero-order chi connectivity index (χ0) is 18.7. The molecule has 7 nitrogen and oxygen atoms in total. The third-order valence-corrected chi connectivity index (χ3v) is 4.84. The lowest BCUT2D eigenvalue weighted by molar-refractivity contribution is -0.139. The first-order valence-electron chi connectivity index (χ1n) is 9.14. The quantitative estimate of drug-likeness (QED) is 0.909. The second-order valence-corrected chi connectivity index (χ2v) is 7.93. The summed E-state index contributed by atoms with van der Waals surface area (Å²) in [6.45, 7) is 9.67. The molecule has 7 heteroatoms. The van der Waals surface area contributed by atoms with Gasteiger partial charge in [0.05, 0.1) is 0 Å². The number of carbonyl (C=O) groups is 1. The summed E-state index contributed by atoms with van der Waals surface area (Å²) in [5.74, 6) is 1.52. The smallest absolute Gasteiger partial charge is 0.263 e. The highest BCUT2D eigenvalue weighted by Crippen LogP contribution is 2.26. The van der Waals surface area contributed by atoms with Gasteiger partial charge in [-0.3, -0.25) is 4.79 Å². The number of nitrogens with zero attached hydrogens (tertiary/aromatic N) is 4. The van der Waals surface area contributed by atoms with Crippen molar-refractivity contribution in [3.63, 3.8) is 0 Å². The summed E-state index contributed by atoms with van der Waals surface area (Å²) in [6, 6.07) is 7.98. The van der Waals surface area contributed by atoms with E-state index < -0.39 is 6.10 Å². The Bertz CT molecular complexity index is 721. The van der Waals surface area contributed by atoms with Crippen LogP contribution in [0.5, 0.6) is 5.75 Å². The average molecular weight is 357 g/mol. The van der Waals surface area contributed by atoms with E-state index in [2.05, 4.69) is 53.5 Å². The van der Waals surface area contributed by atoms with Gasteiger partial charge in [0.15, 0.2) is 11.9 Å². The topological polar surface area (TPSA) is 84.0 Å². The molecule has 0 spiro atoms. The Hall–Kier alpha value is -2.44. The van der Waals surface area contributed by atoms with Crippen LogP contribution in [0, 0.1) is 0 Å². The maximum Gasteiger partial charge on any atom is 0.263 e. The largest absolute Gasteiger partial charge is 0.481 e. The van der Waals surface area contributed by atoms with Gasteiger partial charge in [0.25, 0.3) is 5.91 Å². The first-order chi connectivity index (χ1) is 12.3. The van der Waals surface area contributed by atoms with Crippen molar-refractivity contribution in [1.82, 2.24) is 25.5 Å². The summed E-state index contributed by atoms with van der Waals surface area (Å²) in [7, 11) is 0. The van der Waals surface area contributed by atoms with Crippen LogP contribution in [0.25, 0.3) is 0 Å². The van der Waals surface area contributed by atoms with Gasteiger partial charge in [-0.25, -0.2) is 0 Å². The second kappa shape index (κ2) is 7.43. The van der Waals surface area contributed by atoms with E-state index in [0.29, 0.717) is 18.1 Å². The number of hydrogen-bond acceptors (Lipinski definition) is 5. The van der Waals surface area contributed by atoms with Gasteiger partial charge in [-0.15, -0.1) is 10.2 Å². The minimum absolute atomic E-state index is 0.00177. The van der Waals surface area contributed by atoms with E-state index in [-0.39, 0.29) is 17.2 Å². The molecule has 1 saturated heterocycles. The minimum atomic E-state index is -0.528. The van der Waals surface area contributed by atoms with Gasteiger partial charge < -0.3 is 9.64 Å². The van der Waals surface area contributed by atoms with Crippen LogP contribution in [-0.2, 0) is 10.2 Å². The predicted molar refractivity (Wildman–Crippen MR) is 98.0 cm³/mol. The highest BCUT2D eigenvalue weighted by atomic mass is 16.5. The number of tetrazole rings is 1. The second-order valence-electron chi connectivity index (χ2n) is 7.93. The molecule has 1 N–H and O–H groups in total. The van der Waals surface area contributed by atoms with E-state index in [1.807, 2.05) is 17.0 Å². The van der Waals surface area contributed by atoms with Crippen LogP contribution in [0.3, 0.4) is 0 Å². The number of ether oxygens (including phenoxy) is 1. The minimum Gasteiger partial charge on any atom is -0.481 e. The van der Waals surface area contributed by atoms with Crippen LogP contribution < -0.4 is 4.74 Å². The van der Waals surface area contributed by atoms with Crippen molar-refractivity contribution in [2.24, 2.45) is 0 Å². The number of piperidine rings is 1. The molecule has 140 valence electrons. The van der Waals surface area contributed by atoms with Crippen LogP contribution >= 0.6 is 0 Å². The summed E-state index contributed by atoms with van der Waals surface area (Å²) in [5, 5.41) is 14.2. The molecule has 0 aliphatic carbocycles. The maximum atomic E-state index is 12.8. The number of carbonyl (C=O) groups excluding carboxylic acids is 1. The third-order valence-electron chi connectivity index (χ3n) is 4.84. The molecule has 26 heavy (non-hydrogen) atoms. The highest BCUT2D eigenvalue weighted by molar-refractivity contribution is 5.81. The van der Waals surface area contributed by atoms with Crippen LogP contribution in [0.15, 0.2) is 24.3 Å². The lowest BCUT2D eigenvalue weighted by Crippen LogP contribution is -2.45. The van der Waals surface area contributed by atoms with E-state index in [0.717, 1.165) is 19.4 Å². The monoisotopic (exact) mass is 357 g/mol. The molecule has 1 fully saturated rings. The van der Waals surface area contributed by atoms with Crippen molar-refractivity contribution in [3.8, 4) is 5.75 Å². The number of nitrogens with one attached hydrogen (secondary N) is 1. The van der Waals surface area contributed by atoms with E-state index in [1.54, 1.807) is 6.92 Å². The SMILES string of the molecule is C[C@@H](Oc1ccc(C(C)(C)C)cc1)C(=O)N1CCC[C@H](c2nn[nH]n2)C1. The Balaban J connectivity index is 1.60. The molecule has 2 atom stereocenters. The van der Waals surface area contributed by atoms with E-state index in [1.165, 1.54) is 5.56 Å². The number of H-pyrrole nitrogens is 1. The van der Waals surface area contributed by atoms with Crippen molar-refractivity contribution in [2.45, 2.75) is 58.0 Å². The van der Waals surface area contributed by atoms with Gasteiger partial charge in [-0.1, -0.05) is 38.1 Å². The van der Waals surface area contributed by atoms with Crippen molar-refractivity contribution in [3.05, 3.63) is 35.7 Å². The summed E-state index contributed by atoms with van der Waals surface area (Å²) >= 11 is 0. The summed E-state index contributed by atoms with van der Waals surface area (Å²) in [4.78, 5) is 14.6. The Morgan fingerprint density at radius 2 is 2.04 bits per heavy atom. The Morgan fingerprint density at radius 1 is 1.31 bits per heavy atom. The first-order valence-corrected chi connectivity index (χ1v) is 9.14. The van der Waals surface area contributed by atoms with Gasteiger partial charge in [-0.2, -0.15) is 5.21 Å². The number of likely N-dealkylation sites (tertiary alicyclic amines) is 1. The maximum absolute atomic E-state index is 12.8. The molecule has 1 aromatic heterocycles. The van der Waals surface area contributed by atoms with E-state index in [9.17, 15) is 4.79 Å².